The van der Waals surface area contributed by atoms with Crippen molar-refractivity contribution in [3.63, 3.8) is 0 Å². The highest BCUT2D eigenvalue weighted by molar-refractivity contribution is 7.89. The lowest BCUT2D eigenvalue weighted by Gasteiger charge is -2.18. The summed E-state index contributed by atoms with van der Waals surface area (Å²) in [4.78, 5) is 24.6. The lowest BCUT2D eigenvalue weighted by atomic mass is 10.0. The van der Waals surface area contributed by atoms with Crippen molar-refractivity contribution in [2.45, 2.75) is 11.8 Å². The fraction of sp³-hybridized carbons (Fsp3) is 0.222. The monoisotopic (exact) mass is 396 g/mol. The second-order valence-electron chi connectivity index (χ2n) is 5.96. The first-order valence-electron chi connectivity index (χ1n) is 7.85. The van der Waals surface area contributed by atoms with Crippen LogP contribution in [0, 0.1) is 11.6 Å². The first kappa shape index (κ1) is 20.5. The maximum Gasteiger partial charge on any atom is 0.252 e. The van der Waals surface area contributed by atoms with Gasteiger partial charge in [0.05, 0.1) is 5.75 Å². The van der Waals surface area contributed by atoms with Crippen LogP contribution in [-0.2, 0) is 20.4 Å². The Morgan fingerprint density at radius 3 is 2.37 bits per heavy atom. The second-order valence-corrected chi connectivity index (χ2v) is 8.10. The average molecular weight is 396 g/mol. The van der Waals surface area contributed by atoms with Gasteiger partial charge in [-0.05, 0) is 35.4 Å². The lowest BCUT2D eigenvalue weighted by molar-refractivity contribution is -0.122. The Bertz CT molecular complexity index is 977. The molecule has 9 heteroatoms. The molecule has 1 unspecified atom stereocenters. The standard InChI is InChI=1S/C18H18F2N2O4S/c1-21-18(24)16(12-6-7-14(19)15(20)9-12)22-17(23)13-5-3-4-11(8-13)10-27(2,25)26/h3-9,16H,10H2,1-2H3,(H,21,24)(H,22,23). The van der Waals surface area contributed by atoms with Gasteiger partial charge in [0.15, 0.2) is 21.5 Å². The molecule has 144 valence electrons. The quantitative estimate of drug-likeness (QED) is 0.778. The average Bonchev–Trinajstić information content (AvgIpc) is 2.60. The number of carbonyl (C=O) groups excluding carboxylic acids is 2. The summed E-state index contributed by atoms with van der Waals surface area (Å²) in [6.07, 6.45) is 1.07. The van der Waals surface area contributed by atoms with Gasteiger partial charge in [-0.25, -0.2) is 17.2 Å². The normalized spacial score (nSPS) is 12.3. The predicted octanol–water partition coefficient (Wildman–Crippen LogP) is 1.73. The van der Waals surface area contributed by atoms with E-state index in [9.17, 15) is 26.8 Å². The van der Waals surface area contributed by atoms with Crippen LogP contribution in [0.15, 0.2) is 42.5 Å². The minimum absolute atomic E-state index is 0.0638. The van der Waals surface area contributed by atoms with Crippen molar-refractivity contribution in [2.75, 3.05) is 13.3 Å². The molecule has 1 atom stereocenters. The van der Waals surface area contributed by atoms with Crippen molar-refractivity contribution >= 4 is 21.7 Å². The van der Waals surface area contributed by atoms with Gasteiger partial charge in [0.2, 0.25) is 5.91 Å². The van der Waals surface area contributed by atoms with E-state index in [0.717, 1.165) is 18.4 Å². The summed E-state index contributed by atoms with van der Waals surface area (Å²) in [5.41, 5.74) is 0.607. The zero-order chi connectivity index (χ0) is 20.2. The molecule has 2 aromatic carbocycles. The van der Waals surface area contributed by atoms with Crippen molar-refractivity contribution in [1.29, 1.82) is 0 Å². The van der Waals surface area contributed by atoms with Gasteiger partial charge in [-0.15, -0.1) is 0 Å². The number of hydrogen-bond acceptors (Lipinski definition) is 4. The van der Waals surface area contributed by atoms with E-state index < -0.39 is 39.3 Å². The molecule has 0 aliphatic heterocycles. The molecule has 6 nitrogen and oxygen atoms in total. The Hall–Kier alpha value is -2.81. The van der Waals surface area contributed by atoms with Crippen LogP contribution in [0.2, 0.25) is 0 Å². The minimum Gasteiger partial charge on any atom is -0.357 e. The molecule has 0 radical (unpaired) electrons. The molecule has 0 fully saturated rings. The maximum atomic E-state index is 13.5. The molecule has 0 heterocycles. The van der Waals surface area contributed by atoms with Gasteiger partial charge in [-0.1, -0.05) is 18.2 Å². The first-order valence-corrected chi connectivity index (χ1v) is 9.91. The molecule has 2 rings (SSSR count). The molecule has 0 aliphatic carbocycles. The van der Waals surface area contributed by atoms with Crippen molar-refractivity contribution in [3.05, 3.63) is 70.8 Å². The van der Waals surface area contributed by atoms with Gasteiger partial charge < -0.3 is 10.6 Å². The molecular weight excluding hydrogens is 378 g/mol. The van der Waals surface area contributed by atoms with Crippen molar-refractivity contribution in [2.24, 2.45) is 0 Å². The summed E-state index contributed by atoms with van der Waals surface area (Å²) in [7, 11) is -1.94. The van der Waals surface area contributed by atoms with E-state index in [0.29, 0.717) is 5.56 Å². The largest absolute Gasteiger partial charge is 0.357 e. The zero-order valence-electron chi connectivity index (χ0n) is 14.6. The molecule has 0 aliphatic rings. The van der Waals surface area contributed by atoms with Crippen molar-refractivity contribution in [3.8, 4) is 0 Å². The lowest BCUT2D eigenvalue weighted by Crippen LogP contribution is -2.39. The van der Waals surface area contributed by atoms with Gasteiger partial charge in [0.25, 0.3) is 5.91 Å². The minimum atomic E-state index is -3.28. The topological polar surface area (TPSA) is 92.3 Å². The molecule has 0 spiro atoms. The number of amides is 2. The zero-order valence-corrected chi connectivity index (χ0v) is 15.4. The van der Waals surface area contributed by atoms with Gasteiger partial charge in [-0.3, -0.25) is 9.59 Å². The summed E-state index contributed by atoms with van der Waals surface area (Å²) >= 11 is 0. The van der Waals surface area contributed by atoms with E-state index in [-0.39, 0.29) is 16.9 Å². The Kier molecular flexibility index (Phi) is 6.27. The number of sulfone groups is 1. The highest BCUT2D eigenvalue weighted by Crippen LogP contribution is 2.18. The molecule has 27 heavy (non-hydrogen) atoms. The third-order valence-electron chi connectivity index (χ3n) is 3.68. The van der Waals surface area contributed by atoms with Crippen molar-refractivity contribution in [1.82, 2.24) is 10.6 Å². The number of nitrogens with one attached hydrogen (secondary N) is 2. The van der Waals surface area contributed by atoms with E-state index >= 15 is 0 Å². The second kappa shape index (κ2) is 8.26. The van der Waals surface area contributed by atoms with Crippen LogP contribution in [-0.4, -0.2) is 33.5 Å². The Balaban J connectivity index is 2.30. The molecule has 0 saturated carbocycles. The molecule has 0 saturated heterocycles. The number of likely N-dealkylation sites (N-methyl/N-ethyl adjacent to an activating group) is 1. The summed E-state index contributed by atoms with van der Waals surface area (Å²) in [5.74, 6) is -3.75. The third kappa shape index (κ3) is 5.58. The Morgan fingerprint density at radius 1 is 1.07 bits per heavy atom. The van der Waals surface area contributed by atoms with E-state index in [2.05, 4.69) is 10.6 Å². The fourth-order valence-electron chi connectivity index (χ4n) is 2.46. The predicted molar refractivity (Wildman–Crippen MR) is 95.6 cm³/mol. The Labute approximate surface area is 155 Å². The number of benzene rings is 2. The van der Waals surface area contributed by atoms with Gasteiger partial charge in [-0.2, -0.15) is 0 Å². The number of halogens is 2. The van der Waals surface area contributed by atoms with Crippen LogP contribution >= 0.6 is 0 Å². The third-order valence-corrected chi connectivity index (χ3v) is 4.54. The van der Waals surface area contributed by atoms with Gasteiger partial charge in [0.1, 0.15) is 6.04 Å². The van der Waals surface area contributed by atoms with Crippen LogP contribution < -0.4 is 10.6 Å². The number of carbonyl (C=O) groups is 2. The number of hydrogen-bond donors (Lipinski definition) is 2. The summed E-state index contributed by atoms with van der Waals surface area (Å²) in [6.45, 7) is 0. The van der Waals surface area contributed by atoms with E-state index in [1.165, 1.54) is 31.3 Å². The molecule has 2 amide bonds. The first-order chi connectivity index (χ1) is 12.6. The van der Waals surface area contributed by atoms with Crippen LogP contribution in [0.5, 0.6) is 0 Å². The highest BCUT2D eigenvalue weighted by atomic mass is 32.2. The molecule has 2 aromatic rings. The van der Waals surface area contributed by atoms with Gasteiger partial charge in [0, 0.05) is 18.9 Å². The highest BCUT2D eigenvalue weighted by Gasteiger charge is 2.24. The smallest absolute Gasteiger partial charge is 0.252 e. The maximum absolute atomic E-state index is 13.5. The SMILES string of the molecule is CNC(=O)C(NC(=O)c1cccc(CS(C)(=O)=O)c1)c1ccc(F)c(F)c1. The number of rotatable bonds is 6. The molecule has 2 N–H and O–H groups in total. The Morgan fingerprint density at radius 2 is 1.78 bits per heavy atom. The van der Waals surface area contributed by atoms with Crippen LogP contribution in [0.25, 0.3) is 0 Å². The van der Waals surface area contributed by atoms with E-state index in [1.807, 2.05) is 0 Å². The summed E-state index contributed by atoms with van der Waals surface area (Å²) in [5, 5.41) is 4.80. The summed E-state index contributed by atoms with van der Waals surface area (Å²) in [6, 6.07) is 7.55. The van der Waals surface area contributed by atoms with Crippen LogP contribution in [0.1, 0.15) is 27.5 Å². The van der Waals surface area contributed by atoms with Crippen LogP contribution in [0.3, 0.4) is 0 Å². The van der Waals surface area contributed by atoms with E-state index in [4.69, 9.17) is 0 Å². The molecular formula is C18H18F2N2O4S. The fourth-order valence-corrected chi connectivity index (χ4v) is 3.24. The van der Waals surface area contributed by atoms with Crippen LogP contribution in [0.4, 0.5) is 8.78 Å². The van der Waals surface area contributed by atoms with Crippen molar-refractivity contribution < 1.29 is 26.8 Å². The molecule has 0 aromatic heterocycles. The van der Waals surface area contributed by atoms with Gasteiger partial charge >= 0.3 is 0 Å². The van der Waals surface area contributed by atoms with E-state index in [1.54, 1.807) is 6.07 Å². The molecule has 0 bridgehead atoms. The summed E-state index contributed by atoms with van der Waals surface area (Å²) < 4.78 is 49.5.